The number of allylic oxidation sites excluding steroid dienone is 1. The summed E-state index contributed by atoms with van der Waals surface area (Å²) in [6, 6.07) is 0. The molecule has 0 bridgehead atoms. The Labute approximate surface area is 84.1 Å². The van der Waals surface area contributed by atoms with E-state index in [0.717, 1.165) is 43.1 Å². The SMILES string of the molecule is CCOC(=O)CC1=C(C=O)CCCC1. The highest BCUT2D eigenvalue weighted by Crippen LogP contribution is 2.25. The van der Waals surface area contributed by atoms with Gasteiger partial charge in [-0.25, -0.2) is 0 Å². The summed E-state index contributed by atoms with van der Waals surface area (Å²) in [6.45, 7) is 2.19. The Kier molecular flexibility index (Phi) is 4.36. The fraction of sp³-hybridized carbons (Fsp3) is 0.636. The van der Waals surface area contributed by atoms with E-state index in [0.29, 0.717) is 13.0 Å². The molecule has 0 spiro atoms. The number of hydrogen-bond acceptors (Lipinski definition) is 3. The molecule has 0 unspecified atom stereocenters. The third kappa shape index (κ3) is 2.98. The van der Waals surface area contributed by atoms with E-state index in [2.05, 4.69) is 0 Å². The first-order chi connectivity index (χ1) is 6.77. The summed E-state index contributed by atoms with van der Waals surface area (Å²) in [7, 11) is 0. The molecule has 0 aromatic carbocycles. The first kappa shape index (κ1) is 11.0. The van der Waals surface area contributed by atoms with Gasteiger partial charge < -0.3 is 4.74 Å². The topological polar surface area (TPSA) is 43.4 Å². The Morgan fingerprint density at radius 1 is 1.43 bits per heavy atom. The molecule has 78 valence electrons. The molecule has 0 aliphatic heterocycles. The molecule has 0 amide bonds. The highest BCUT2D eigenvalue weighted by molar-refractivity contribution is 5.79. The van der Waals surface area contributed by atoms with Crippen molar-refractivity contribution in [2.45, 2.75) is 39.0 Å². The molecule has 0 heterocycles. The summed E-state index contributed by atoms with van der Waals surface area (Å²) < 4.78 is 4.85. The highest BCUT2D eigenvalue weighted by Gasteiger charge is 2.15. The summed E-state index contributed by atoms with van der Waals surface area (Å²) in [4.78, 5) is 21.9. The number of carbonyl (C=O) groups excluding carboxylic acids is 2. The van der Waals surface area contributed by atoms with E-state index in [1.165, 1.54) is 0 Å². The van der Waals surface area contributed by atoms with Gasteiger partial charge in [0.15, 0.2) is 0 Å². The van der Waals surface area contributed by atoms with Crippen molar-refractivity contribution < 1.29 is 14.3 Å². The summed E-state index contributed by atoms with van der Waals surface area (Å²) in [5, 5.41) is 0. The van der Waals surface area contributed by atoms with Crippen LogP contribution in [-0.2, 0) is 14.3 Å². The standard InChI is InChI=1S/C11H16O3/c1-2-14-11(13)7-9-5-3-4-6-10(9)8-12/h8H,2-7H2,1H3. The second kappa shape index (κ2) is 5.58. The molecule has 1 rings (SSSR count). The van der Waals surface area contributed by atoms with Crippen LogP contribution in [0.2, 0.25) is 0 Å². The molecule has 0 saturated carbocycles. The maximum absolute atomic E-state index is 11.2. The van der Waals surface area contributed by atoms with Crippen molar-refractivity contribution in [2.24, 2.45) is 0 Å². The lowest BCUT2D eigenvalue weighted by Gasteiger charge is -2.15. The first-order valence-corrected chi connectivity index (χ1v) is 5.09. The van der Waals surface area contributed by atoms with E-state index in [-0.39, 0.29) is 5.97 Å². The minimum atomic E-state index is -0.219. The van der Waals surface area contributed by atoms with E-state index in [9.17, 15) is 9.59 Å². The molecule has 0 atom stereocenters. The van der Waals surface area contributed by atoms with Gasteiger partial charge in [0.05, 0.1) is 13.0 Å². The van der Waals surface area contributed by atoms with Crippen LogP contribution in [-0.4, -0.2) is 18.9 Å². The predicted octanol–water partition coefficient (Wildman–Crippen LogP) is 2.01. The number of carbonyl (C=O) groups is 2. The number of esters is 1. The smallest absolute Gasteiger partial charge is 0.309 e. The Balaban J connectivity index is 2.59. The van der Waals surface area contributed by atoms with Gasteiger partial charge in [0.1, 0.15) is 6.29 Å². The normalized spacial score (nSPS) is 16.6. The summed E-state index contributed by atoms with van der Waals surface area (Å²) in [5.41, 5.74) is 1.79. The van der Waals surface area contributed by atoms with E-state index in [1.54, 1.807) is 6.92 Å². The van der Waals surface area contributed by atoms with Crippen LogP contribution < -0.4 is 0 Å². The molecule has 14 heavy (non-hydrogen) atoms. The molecular weight excluding hydrogens is 180 g/mol. The molecule has 1 aliphatic rings. The number of aldehydes is 1. The van der Waals surface area contributed by atoms with Gasteiger partial charge in [0.25, 0.3) is 0 Å². The van der Waals surface area contributed by atoms with E-state index in [1.807, 2.05) is 0 Å². The van der Waals surface area contributed by atoms with Gasteiger partial charge in [-0.1, -0.05) is 5.57 Å². The minimum absolute atomic E-state index is 0.219. The van der Waals surface area contributed by atoms with Crippen molar-refractivity contribution in [1.82, 2.24) is 0 Å². The molecule has 0 saturated heterocycles. The zero-order chi connectivity index (χ0) is 10.4. The molecular formula is C11H16O3. The van der Waals surface area contributed by atoms with Crippen LogP contribution in [0, 0.1) is 0 Å². The average Bonchev–Trinajstić information content (AvgIpc) is 2.19. The Hall–Kier alpha value is -1.12. The van der Waals surface area contributed by atoms with Crippen molar-refractivity contribution in [3.05, 3.63) is 11.1 Å². The molecule has 0 N–H and O–H groups in total. The number of ether oxygens (including phenoxy) is 1. The van der Waals surface area contributed by atoms with Crippen LogP contribution in [0.3, 0.4) is 0 Å². The first-order valence-electron chi connectivity index (χ1n) is 5.09. The van der Waals surface area contributed by atoms with Gasteiger partial charge in [0, 0.05) is 0 Å². The zero-order valence-corrected chi connectivity index (χ0v) is 8.54. The van der Waals surface area contributed by atoms with Gasteiger partial charge in [-0.2, -0.15) is 0 Å². The van der Waals surface area contributed by atoms with Crippen LogP contribution in [0.25, 0.3) is 0 Å². The Morgan fingerprint density at radius 3 is 2.79 bits per heavy atom. The maximum Gasteiger partial charge on any atom is 0.309 e. The molecule has 0 radical (unpaired) electrons. The van der Waals surface area contributed by atoms with Crippen LogP contribution in [0.15, 0.2) is 11.1 Å². The highest BCUT2D eigenvalue weighted by atomic mass is 16.5. The molecule has 1 aliphatic carbocycles. The summed E-state index contributed by atoms with van der Waals surface area (Å²) in [6.07, 6.45) is 4.99. The van der Waals surface area contributed by atoms with Crippen LogP contribution in [0.1, 0.15) is 39.0 Å². The Bertz CT molecular complexity index is 253. The molecule has 3 heteroatoms. The quantitative estimate of drug-likeness (QED) is 0.510. The van der Waals surface area contributed by atoms with E-state index >= 15 is 0 Å². The lowest BCUT2D eigenvalue weighted by Crippen LogP contribution is -2.09. The van der Waals surface area contributed by atoms with Crippen molar-refractivity contribution in [3.8, 4) is 0 Å². The van der Waals surface area contributed by atoms with Crippen molar-refractivity contribution in [1.29, 1.82) is 0 Å². The van der Waals surface area contributed by atoms with E-state index < -0.39 is 0 Å². The Morgan fingerprint density at radius 2 is 2.14 bits per heavy atom. The van der Waals surface area contributed by atoms with Crippen molar-refractivity contribution in [2.75, 3.05) is 6.61 Å². The van der Waals surface area contributed by atoms with Gasteiger partial charge >= 0.3 is 5.97 Å². The van der Waals surface area contributed by atoms with Crippen LogP contribution >= 0.6 is 0 Å². The molecule has 0 aromatic heterocycles. The zero-order valence-electron chi connectivity index (χ0n) is 8.54. The predicted molar refractivity (Wildman–Crippen MR) is 52.8 cm³/mol. The second-order valence-corrected chi connectivity index (χ2v) is 3.44. The van der Waals surface area contributed by atoms with Crippen molar-refractivity contribution in [3.63, 3.8) is 0 Å². The lowest BCUT2D eigenvalue weighted by atomic mass is 9.91. The monoisotopic (exact) mass is 196 g/mol. The van der Waals surface area contributed by atoms with Crippen LogP contribution in [0.5, 0.6) is 0 Å². The number of rotatable bonds is 4. The number of hydrogen-bond donors (Lipinski definition) is 0. The maximum atomic E-state index is 11.2. The third-order valence-corrected chi connectivity index (χ3v) is 2.43. The third-order valence-electron chi connectivity index (χ3n) is 2.43. The fourth-order valence-electron chi connectivity index (χ4n) is 1.72. The van der Waals surface area contributed by atoms with Crippen molar-refractivity contribution >= 4 is 12.3 Å². The lowest BCUT2D eigenvalue weighted by molar-refractivity contribution is -0.142. The molecule has 3 nitrogen and oxygen atoms in total. The fourth-order valence-corrected chi connectivity index (χ4v) is 1.72. The minimum Gasteiger partial charge on any atom is -0.466 e. The largest absolute Gasteiger partial charge is 0.466 e. The second-order valence-electron chi connectivity index (χ2n) is 3.44. The van der Waals surface area contributed by atoms with Gasteiger partial charge in [0.2, 0.25) is 0 Å². The summed E-state index contributed by atoms with van der Waals surface area (Å²) in [5.74, 6) is -0.219. The van der Waals surface area contributed by atoms with Gasteiger partial charge in [-0.05, 0) is 38.2 Å². The summed E-state index contributed by atoms with van der Waals surface area (Å²) >= 11 is 0. The van der Waals surface area contributed by atoms with Crippen LogP contribution in [0.4, 0.5) is 0 Å². The van der Waals surface area contributed by atoms with Gasteiger partial charge in [-0.15, -0.1) is 0 Å². The molecule has 0 aromatic rings. The molecule has 0 fully saturated rings. The van der Waals surface area contributed by atoms with Gasteiger partial charge in [-0.3, -0.25) is 9.59 Å². The average molecular weight is 196 g/mol. The van der Waals surface area contributed by atoms with E-state index in [4.69, 9.17) is 4.74 Å².